The van der Waals surface area contributed by atoms with Gasteiger partial charge in [0.15, 0.2) is 23.7 Å². The van der Waals surface area contributed by atoms with E-state index < -0.39 is 12.6 Å². The molecule has 1 N–H and O–H groups in total. The fraction of sp³-hybridized carbons (Fsp3) is 0.150. The van der Waals surface area contributed by atoms with E-state index in [9.17, 15) is 10.1 Å². The average Bonchev–Trinajstić information content (AvgIpc) is 3.09. The number of carboxylic acid groups (broad SMARTS) is 1. The van der Waals surface area contributed by atoms with Gasteiger partial charge in [-0.25, -0.2) is 9.78 Å². The van der Waals surface area contributed by atoms with Crippen LogP contribution in [0.5, 0.6) is 11.5 Å². The van der Waals surface area contributed by atoms with E-state index in [4.69, 9.17) is 19.0 Å². The first-order chi connectivity index (χ1) is 13.1. The molecule has 0 unspecified atom stereocenters. The Morgan fingerprint density at radius 1 is 1.26 bits per heavy atom. The number of carboxylic acids is 1. The lowest BCUT2D eigenvalue weighted by atomic mass is 10.1. The summed E-state index contributed by atoms with van der Waals surface area (Å²) >= 11 is 0. The van der Waals surface area contributed by atoms with Crippen molar-refractivity contribution in [3.63, 3.8) is 0 Å². The van der Waals surface area contributed by atoms with Gasteiger partial charge in [-0.15, -0.1) is 0 Å². The van der Waals surface area contributed by atoms with Gasteiger partial charge < -0.3 is 19.0 Å². The number of hydrogen-bond donors (Lipinski definition) is 1. The van der Waals surface area contributed by atoms with Gasteiger partial charge in [-0.1, -0.05) is 18.2 Å². The lowest BCUT2D eigenvalue weighted by Crippen LogP contribution is -2.10. The number of para-hydroxylation sites is 2. The molecular weight excluding hydrogens is 348 g/mol. The van der Waals surface area contributed by atoms with E-state index >= 15 is 0 Å². The molecular formula is C20H16N2O5. The van der Waals surface area contributed by atoms with Gasteiger partial charge in [0.2, 0.25) is 5.89 Å². The van der Waals surface area contributed by atoms with Gasteiger partial charge in [-0.3, -0.25) is 0 Å². The van der Waals surface area contributed by atoms with Gasteiger partial charge in [0, 0.05) is 0 Å². The second-order valence-corrected chi connectivity index (χ2v) is 5.48. The molecule has 0 spiro atoms. The average molecular weight is 364 g/mol. The summed E-state index contributed by atoms with van der Waals surface area (Å²) in [4.78, 5) is 15.0. The molecule has 0 amide bonds. The zero-order valence-corrected chi connectivity index (χ0v) is 14.5. The normalized spacial score (nSPS) is 11.2. The second kappa shape index (κ2) is 8.06. The maximum Gasteiger partial charge on any atom is 0.341 e. The van der Waals surface area contributed by atoms with Crippen LogP contribution in [0.1, 0.15) is 18.4 Å². The van der Waals surface area contributed by atoms with Crippen LogP contribution in [-0.4, -0.2) is 29.3 Å². The van der Waals surface area contributed by atoms with Crippen LogP contribution in [0.3, 0.4) is 0 Å². The fourth-order valence-electron chi connectivity index (χ4n) is 2.44. The molecule has 0 aliphatic heterocycles. The van der Waals surface area contributed by atoms with E-state index in [2.05, 4.69) is 11.1 Å². The quantitative estimate of drug-likeness (QED) is 0.636. The van der Waals surface area contributed by atoms with Gasteiger partial charge >= 0.3 is 5.97 Å². The second-order valence-electron chi connectivity index (χ2n) is 5.48. The molecule has 0 bridgehead atoms. The topological polar surface area (TPSA) is 106 Å². The summed E-state index contributed by atoms with van der Waals surface area (Å²) in [5, 5.41) is 18.3. The number of aromatic nitrogens is 1. The summed E-state index contributed by atoms with van der Waals surface area (Å²) in [6, 6.07) is 14.3. The number of aliphatic carboxylic acids is 1. The van der Waals surface area contributed by atoms with Crippen LogP contribution in [0.25, 0.3) is 22.7 Å². The summed E-state index contributed by atoms with van der Waals surface area (Å²) in [6.07, 6.45) is 1.62. The summed E-state index contributed by atoms with van der Waals surface area (Å²) < 4.78 is 16.4. The van der Waals surface area contributed by atoms with Crippen LogP contribution in [0.4, 0.5) is 0 Å². The molecule has 3 aromatic rings. The molecule has 136 valence electrons. The summed E-state index contributed by atoms with van der Waals surface area (Å²) in [5.74, 6) is -0.147. The molecule has 0 fully saturated rings. The molecule has 3 rings (SSSR count). The number of hydrogen-bond acceptors (Lipinski definition) is 6. The Kier molecular flexibility index (Phi) is 5.38. The lowest BCUT2D eigenvalue weighted by molar-refractivity contribution is -0.139. The summed E-state index contributed by atoms with van der Waals surface area (Å²) in [7, 11) is 0. The smallest absolute Gasteiger partial charge is 0.341 e. The summed E-state index contributed by atoms with van der Waals surface area (Å²) in [6.45, 7) is 1.72. The van der Waals surface area contributed by atoms with Crippen molar-refractivity contribution in [2.75, 3.05) is 13.2 Å². The Labute approximate surface area is 155 Å². The van der Waals surface area contributed by atoms with Crippen molar-refractivity contribution in [3.8, 4) is 17.6 Å². The lowest BCUT2D eigenvalue weighted by Gasteiger charge is -2.11. The molecule has 27 heavy (non-hydrogen) atoms. The molecule has 2 aromatic carbocycles. The standard InChI is InChI=1S/C20H16N2O5/c1-2-25-18-10-13(7-8-17(18)26-12-19(23)24)9-14(11-21)20-22-15-5-3-4-6-16(15)27-20/h3-10H,2,12H2,1H3,(H,23,24)/b14-9-. The first-order valence-electron chi connectivity index (χ1n) is 8.20. The Hall–Kier alpha value is -3.79. The molecule has 1 heterocycles. The predicted octanol–water partition coefficient (Wildman–Crippen LogP) is 3.75. The number of allylic oxidation sites excluding steroid dienone is 1. The number of oxazole rings is 1. The third-order valence-electron chi connectivity index (χ3n) is 3.57. The summed E-state index contributed by atoms with van der Waals surface area (Å²) in [5.41, 5.74) is 2.19. The molecule has 1 aromatic heterocycles. The molecule has 7 heteroatoms. The van der Waals surface area contributed by atoms with Crippen molar-refractivity contribution < 1.29 is 23.8 Å². The van der Waals surface area contributed by atoms with Crippen molar-refractivity contribution in [3.05, 3.63) is 53.9 Å². The monoisotopic (exact) mass is 364 g/mol. The number of nitriles is 1. The zero-order valence-electron chi connectivity index (χ0n) is 14.5. The van der Waals surface area contributed by atoms with Gasteiger partial charge in [-0.05, 0) is 42.8 Å². The largest absolute Gasteiger partial charge is 0.490 e. The number of benzene rings is 2. The molecule has 0 saturated heterocycles. The van der Waals surface area contributed by atoms with E-state index in [1.165, 1.54) is 0 Å². The first kappa shape index (κ1) is 18.0. The minimum Gasteiger partial charge on any atom is -0.490 e. The molecule has 0 radical (unpaired) electrons. The maximum absolute atomic E-state index is 10.7. The highest BCUT2D eigenvalue weighted by atomic mass is 16.5. The van der Waals surface area contributed by atoms with Gasteiger partial charge in [0.05, 0.1) is 6.61 Å². The van der Waals surface area contributed by atoms with Crippen molar-refractivity contribution >= 4 is 28.7 Å². The highest BCUT2D eigenvalue weighted by Gasteiger charge is 2.12. The van der Waals surface area contributed by atoms with E-state index in [1.807, 2.05) is 19.1 Å². The first-order valence-corrected chi connectivity index (χ1v) is 8.20. The number of ether oxygens (including phenoxy) is 2. The van der Waals surface area contributed by atoms with Crippen molar-refractivity contribution in [1.82, 2.24) is 4.98 Å². The van der Waals surface area contributed by atoms with Crippen molar-refractivity contribution in [2.24, 2.45) is 0 Å². The number of rotatable bonds is 7. The number of carbonyl (C=O) groups is 1. The zero-order chi connectivity index (χ0) is 19.2. The minimum atomic E-state index is -1.08. The van der Waals surface area contributed by atoms with Crippen LogP contribution in [0.15, 0.2) is 46.9 Å². The highest BCUT2D eigenvalue weighted by molar-refractivity contribution is 5.89. The molecule has 0 aliphatic rings. The van der Waals surface area contributed by atoms with Gasteiger partial charge in [0.1, 0.15) is 17.2 Å². The van der Waals surface area contributed by atoms with Gasteiger partial charge in [0.25, 0.3) is 0 Å². The number of fused-ring (bicyclic) bond motifs is 1. The van der Waals surface area contributed by atoms with E-state index in [0.29, 0.717) is 34.8 Å². The number of nitrogens with zero attached hydrogens (tertiary/aromatic N) is 2. The van der Waals surface area contributed by atoms with E-state index in [1.54, 1.807) is 36.4 Å². The Morgan fingerprint density at radius 2 is 2.07 bits per heavy atom. The maximum atomic E-state index is 10.7. The van der Waals surface area contributed by atoms with E-state index in [-0.39, 0.29) is 11.5 Å². The van der Waals surface area contributed by atoms with Crippen LogP contribution in [0, 0.1) is 11.3 Å². The Morgan fingerprint density at radius 3 is 2.78 bits per heavy atom. The minimum absolute atomic E-state index is 0.225. The Bertz CT molecular complexity index is 1010. The third-order valence-corrected chi connectivity index (χ3v) is 3.57. The Balaban J connectivity index is 1.94. The van der Waals surface area contributed by atoms with Gasteiger partial charge in [-0.2, -0.15) is 5.26 Å². The van der Waals surface area contributed by atoms with Crippen LogP contribution >= 0.6 is 0 Å². The van der Waals surface area contributed by atoms with Crippen LogP contribution in [0.2, 0.25) is 0 Å². The van der Waals surface area contributed by atoms with E-state index in [0.717, 1.165) is 0 Å². The third kappa shape index (κ3) is 4.25. The van der Waals surface area contributed by atoms with Crippen LogP contribution in [-0.2, 0) is 4.79 Å². The van der Waals surface area contributed by atoms with Crippen LogP contribution < -0.4 is 9.47 Å². The SMILES string of the molecule is CCOc1cc(/C=C(/C#N)c2nc3ccccc3o2)ccc1OCC(=O)O. The van der Waals surface area contributed by atoms with Crippen molar-refractivity contribution in [2.45, 2.75) is 6.92 Å². The predicted molar refractivity (Wildman–Crippen MR) is 98.2 cm³/mol. The molecule has 0 atom stereocenters. The molecule has 7 nitrogen and oxygen atoms in total. The fourth-order valence-corrected chi connectivity index (χ4v) is 2.44. The highest BCUT2D eigenvalue weighted by Crippen LogP contribution is 2.30. The molecule has 0 saturated carbocycles. The molecule has 0 aliphatic carbocycles. The van der Waals surface area contributed by atoms with Crippen molar-refractivity contribution in [1.29, 1.82) is 5.26 Å².